The van der Waals surface area contributed by atoms with E-state index in [0.717, 1.165) is 31.3 Å². The maximum absolute atomic E-state index is 5.52. The van der Waals surface area contributed by atoms with Crippen LogP contribution in [-0.4, -0.2) is 24.9 Å². The number of hydrogen-bond donors (Lipinski definition) is 1. The van der Waals surface area contributed by atoms with Gasteiger partial charge in [0.1, 0.15) is 6.61 Å². The van der Waals surface area contributed by atoms with Gasteiger partial charge in [0.15, 0.2) is 5.76 Å². The van der Waals surface area contributed by atoms with Crippen LogP contribution < -0.4 is 5.32 Å². The first kappa shape index (κ1) is 10.6. The van der Waals surface area contributed by atoms with E-state index in [1.54, 1.807) is 6.20 Å². The van der Waals surface area contributed by atoms with Crippen molar-refractivity contribution in [2.45, 2.75) is 25.9 Å². The maximum Gasteiger partial charge on any atom is 0.162 e. The third-order valence-corrected chi connectivity index (χ3v) is 2.80. The number of rotatable bonds is 5. The summed E-state index contributed by atoms with van der Waals surface area (Å²) >= 11 is 0. The summed E-state index contributed by atoms with van der Waals surface area (Å²) in [6, 6.07) is 1.84. The summed E-state index contributed by atoms with van der Waals surface area (Å²) in [4.78, 5) is 0. The van der Waals surface area contributed by atoms with Gasteiger partial charge in [-0.2, -0.15) is 0 Å². The summed E-state index contributed by atoms with van der Waals surface area (Å²) in [5.74, 6) is 1.59. The molecule has 0 spiro atoms. The topological polar surface area (TPSA) is 47.3 Å². The smallest absolute Gasteiger partial charge is 0.162 e. The fraction of sp³-hybridized carbons (Fsp3) is 0.727. The molecule has 1 fully saturated rings. The highest BCUT2D eigenvalue weighted by molar-refractivity contribution is 4.90. The van der Waals surface area contributed by atoms with Crippen molar-refractivity contribution in [3.63, 3.8) is 0 Å². The number of aromatic nitrogens is 1. The van der Waals surface area contributed by atoms with Crippen LogP contribution in [0.3, 0.4) is 0 Å². The molecule has 1 aromatic heterocycles. The van der Waals surface area contributed by atoms with Crippen LogP contribution in [0.4, 0.5) is 0 Å². The summed E-state index contributed by atoms with van der Waals surface area (Å²) in [7, 11) is 0. The van der Waals surface area contributed by atoms with Crippen molar-refractivity contribution in [3.8, 4) is 0 Å². The molecule has 2 rings (SSSR count). The molecule has 2 heterocycles. The van der Waals surface area contributed by atoms with Gasteiger partial charge in [-0.25, -0.2) is 0 Å². The molecule has 1 unspecified atom stereocenters. The highest BCUT2D eigenvalue weighted by Gasteiger charge is 2.12. The van der Waals surface area contributed by atoms with Gasteiger partial charge in [0.25, 0.3) is 0 Å². The first-order chi connectivity index (χ1) is 7.45. The molecule has 15 heavy (non-hydrogen) atoms. The van der Waals surface area contributed by atoms with Gasteiger partial charge in [-0.15, -0.1) is 0 Å². The minimum absolute atomic E-state index is 0.542. The number of nitrogens with one attached hydrogen (secondary N) is 1. The highest BCUT2D eigenvalue weighted by atomic mass is 16.5. The first-order valence-electron chi connectivity index (χ1n) is 5.63. The van der Waals surface area contributed by atoms with Crippen LogP contribution in [-0.2, 0) is 11.3 Å². The zero-order valence-electron chi connectivity index (χ0n) is 8.95. The Balaban J connectivity index is 1.54. The lowest BCUT2D eigenvalue weighted by atomic mass is 9.97. The molecule has 0 bridgehead atoms. The molecule has 4 heteroatoms. The Labute approximate surface area is 90.0 Å². The predicted octanol–water partition coefficient (Wildman–Crippen LogP) is 1.58. The lowest BCUT2D eigenvalue weighted by Crippen LogP contribution is -2.30. The van der Waals surface area contributed by atoms with E-state index in [2.05, 4.69) is 10.5 Å². The minimum atomic E-state index is 0.542. The van der Waals surface area contributed by atoms with Crippen LogP contribution in [0.15, 0.2) is 16.8 Å². The van der Waals surface area contributed by atoms with Gasteiger partial charge in [0, 0.05) is 12.7 Å². The van der Waals surface area contributed by atoms with E-state index in [9.17, 15) is 0 Å². The van der Waals surface area contributed by atoms with Crippen molar-refractivity contribution in [3.05, 3.63) is 18.0 Å². The molecule has 0 saturated carbocycles. The summed E-state index contributed by atoms with van der Waals surface area (Å²) < 4.78 is 10.5. The second-order valence-electron chi connectivity index (χ2n) is 4.03. The van der Waals surface area contributed by atoms with E-state index in [4.69, 9.17) is 9.26 Å². The zero-order chi connectivity index (χ0) is 10.3. The Hall–Kier alpha value is -0.870. The Morgan fingerprint density at radius 3 is 3.33 bits per heavy atom. The van der Waals surface area contributed by atoms with Crippen molar-refractivity contribution in [1.29, 1.82) is 0 Å². The standard InChI is InChI=1S/C11H18N2O2/c1-2-10(8-12-5-1)4-7-14-9-11-3-6-13-15-11/h3,6,10,12H,1-2,4-5,7-9H2. The normalized spacial score (nSPS) is 21.7. The van der Waals surface area contributed by atoms with Crippen molar-refractivity contribution in [1.82, 2.24) is 10.5 Å². The Morgan fingerprint density at radius 1 is 1.60 bits per heavy atom. The minimum Gasteiger partial charge on any atom is -0.373 e. The molecule has 0 radical (unpaired) electrons. The maximum atomic E-state index is 5.52. The molecule has 1 saturated heterocycles. The SMILES string of the molecule is c1cc(COCCC2CCCNC2)on1. The van der Waals surface area contributed by atoms with Crippen LogP contribution in [0.25, 0.3) is 0 Å². The lowest BCUT2D eigenvalue weighted by Gasteiger charge is -2.22. The average molecular weight is 210 g/mol. The van der Waals surface area contributed by atoms with E-state index in [1.165, 1.54) is 19.4 Å². The van der Waals surface area contributed by atoms with Crippen molar-refractivity contribution in [2.75, 3.05) is 19.7 Å². The van der Waals surface area contributed by atoms with Gasteiger partial charge in [-0.1, -0.05) is 5.16 Å². The molecule has 0 aromatic carbocycles. The van der Waals surface area contributed by atoms with Crippen LogP contribution in [0.1, 0.15) is 25.0 Å². The van der Waals surface area contributed by atoms with Gasteiger partial charge in [-0.3, -0.25) is 0 Å². The molecule has 1 atom stereocenters. The van der Waals surface area contributed by atoms with E-state index in [1.807, 2.05) is 6.07 Å². The third kappa shape index (κ3) is 3.64. The third-order valence-electron chi connectivity index (χ3n) is 2.80. The summed E-state index contributed by atoms with van der Waals surface area (Å²) in [6.07, 6.45) is 5.41. The number of ether oxygens (including phenoxy) is 1. The highest BCUT2D eigenvalue weighted by Crippen LogP contribution is 2.14. The quantitative estimate of drug-likeness (QED) is 0.750. The Bertz CT molecular complexity index is 256. The fourth-order valence-corrected chi connectivity index (χ4v) is 1.91. The van der Waals surface area contributed by atoms with Crippen molar-refractivity contribution < 1.29 is 9.26 Å². The molecule has 84 valence electrons. The van der Waals surface area contributed by atoms with Crippen molar-refractivity contribution in [2.24, 2.45) is 5.92 Å². The molecule has 1 N–H and O–H groups in total. The second-order valence-corrected chi connectivity index (χ2v) is 4.03. The van der Waals surface area contributed by atoms with Gasteiger partial charge in [0.2, 0.25) is 0 Å². The summed E-state index contributed by atoms with van der Waals surface area (Å²) in [5.41, 5.74) is 0. The zero-order valence-corrected chi connectivity index (χ0v) is 8.95. The van der Waals surface area contributed by atoms with Crippen LogP contribution in [0.5, 0.6) is 0 Å². The second kappa shape index (κ2) is 5.88. The lowest BCUT2D eigenvalue weighted by molar-refractivity contribution is 0.0868. The molecular formula is C11H18N2O2. The van der Waals surface area contributed by atoms with Crippen LogP contribution in [0.2, 0.25) is 0 Å². The molecular weight excluding hydrogens is 192 g/mol. The summed E-state index contributed by atoms with van der Waals surface area (Å²) in [6.45, 7) is 3.67. The molecule has 4 nitrogen and oxygen atoms in total. The van der Waals surface area contributed by atoms with Gasteiger partial charge in [-0.05, 0) is 38.3 Å². The van der Waals surface area contributed by atoms with Crippen LogP contribution in [0, 0.1) is 5.92 Å². The molecule has 1 aliphatic heterocycles. The predicted molar refractivity (Wildman–Crippen MR) is 56.4 cm³/mol. The molecule has 0 aliphatic carbocycles. The van der Waals surface area contributed by atoms with E-state index in [-0.39, 0.29) is 0 Å². The van der Waals surface area contributed by atoms with E-state index < -0.39 is 0 Å². The Morgan fingerprint density at radius 2 is 2.60 bits per heavy atom. The number of hydrogen-bond acceptors (Lipinski definition) is 4. The number of piperidine rings is 1. The number of nitrogens with zero attached hydrogens (tertiary/aromatic N) is 1. The van der Waals surface area contributed by atoms with E-state index >= 15 is 0 Å². The largest absolute Gasteiger partial charge is 0.373 e. The van der Waals surface area contributed by atoms with Crippen LogP contribution >= 0.6 is 0 Å². The molecule has 0 amide bonds. The van der Waals surface area contributed by atoms with Gasteiger partial charge in [0.05, 0.1) is 6.20 Å². The van der Waals surface area contributed by atoms with Gasteiger partial charge >= 0.3 is 0 Å². The van der Waals surface area contributed by atoms with E-state index in [0.29, 0.717) is 6.61 Å². The first-order valence-corrected chi connectivity index (χ1v) is 5.63. The van der Waals surface area contributed by atoms with Crippen molar-refractivity contribution >= 4 is 0 Å². The molecule has 1 aromatic rings. The van der Waals surface area contributed by atoms with Gasteiger partial charge < -0.3 is 14.6 Å². The fourth-order valence-electron chi connectivity index (χ4n) is 1.91. The monoisotopic (exact) mass is 210 g/mol. The Kier molecular flexibility index (Phi) is 4.17. The average Bonchev–Trinajstić information content (AvgIpc) is 2.79. The molecule has 1 aliphatic rings. The summed E-state index contributed by atoms with van der Waals surface area (Å²) in [5, 5.41) is 7.03.